The summed E-state index contributed by atoms with van der Waals surface area (Å²) in [5.74, 6) is 0.737. The van der Waals surface area contributed by atoms with Gasteiger partial charge in [-0.25, -0.2) is 0 Å². The smallest absolute Gasteiger partial charge is 0.223 e. The molecule has 1 saturated heterocycles. The second kappa shape index (κ2) is 9.26. The predicted octanol–water partition coefficient (Wildman–Crippen LogP) is 2.74. The summed E-state index contributed by atoms with van der Waals surface area (Å²) >= 11 is 0. The van der Waals surface area contributed by atoms with Crippen molar-refractivity contribution in [3.8, 4) is 0 Å². The average molecular weight is 341 g/mol. The Morgan fingerprint density at radius 2 is 1.96 bits per heavy atom. The maximum Gasteiger partial charge on any atom is 0.223 e. The van der Waals surface area contributed by atoms with E-state index in [1.165, 1.54) is 11.1 Å². The number of benzene rings is 1. The van der Waals surface area contributed by atoms with Gasteiger partial charge in [0.15, 0.2) is 0 Å². The van der Waals surface area contributed by atoms with E-state index in [4.69, 9.17) is 10.5 Å². The largest absolute Gasteiger partial charge is 0.373 e. The van der Waals surface area contributed by atoms with Crippen LogP contribution in [0.2, 0.25) is 0 Å². The van der Waals surface area contributed by atoms with Crippen LogP contribution in [0, 0.1) is 0 Å². The number of carbonyl (C=O) groups is 1. The molecule has 2 rings (SSSR count). The van der Waals surface area contributed by atoms with Crippen LogP contribution in [0.25, 0.3) is 0 Å². The third-order valence-electron chi connectivity index (χ3n) is 4.31. The topological polar surface area (TPSA) is 55.6 Å². The molecule has 1 aromatic rings. The number of morpholine rings is 1. The Kier molecular flexibility index (Phi) is 8.03. The average Bonchev–Trinajstić information content (AvgIpc) is 2.53. The van der Waals surface area contributed by atoms with Gasteiger partial charge < -0.3 is 15.4 Å². The molecule has 0 aliphatic carbocycles. The molecular formula is C18H29ClN2O2. The highest BCUT2D eigenvalue weighted by molar-refractivity contribution is 5.85. The zero-order valence-corrected chi connectivity index (χ0v) is 15.1. The Bertz CT molecular complexity index is 488. The third kappa shape index (κ3) is 5.79. The van der Waals surface area contributed by atoms with E-state index in [2.05, 4.69) is 38.1 Å². The number of carbonyl (C=O) groups excluding carboxylic acids is 1. The van der Waals surface area contributed by atoms with Crippen molar-refractivity contribution in [2.45, 2.75) is 51.7 Å². The summed E-state index contributed by atoms with van der Waals surface area (Å²) in [6.07, 6.45) is 1.30. The zero-order chi connectivity index (χ0) is 16.1. The first-order chi connectivity index (χ1) is 10.5. The summed E-state index contributed by atoms with van der Waals surface area (Å²) < 4.78 is 5.60. The Morgan fingerprint density at radius 1 is 1.30 bits per heavy atom. The first-order valence-corrected chi connectivity index (χ1v) is 8.21. The molecule has 23 heavy (non-hydrogen) atoms. The van der Waals surface area contributed by atoms with Gasteiger partial charge in [0.1, 0.15) is 0 Å². The van der Waals surface area contributed by atoms with Crippen molar-refractivity contribution in [1.29, 1.82) is 0 Å². The summed E-state index contributed by atoms with van der Waals surface area (Å²) in [7, 11) is 0. The van der Waals surface area contributed by atoms with E-state index in [-0.39, 0.29) is 30.5 Å². The van der Waals surface area contributed by atoms with E-state index in [9.17, 15) is 4.79 Å². The van der Waals surface area contributed by atoms with Crippen LogP contribution in [0.15, 0.2) is 24.3 Å². The Hall–Kier alpha value is -1.10. The molecule has 130 valence electrons. The van der Waals surface area contributed by atoms with Gasteiger partial charge in [0, 0.05) is 25.6 Å². The molecule has 5 heteroatoms. The molecule has 1 aliphatic heterocycles. The van der Waals surface area contributed by atoms with E-state index in [0.29, 0.717) is 32.0 Å². The van der Waals surface area contributed by atoms with Crippen molar-refractivity contribution in [2.24, 2.45) is 5.73 Å². The molecule has 0 aromatic heterocycles. The lowest BCUT2D eigenvalue weighted by Crippen LogP contribution is -2.51. The molecule has 4 nitrogen and oxygen atoms in total. The minimum absolute atomic E-state index is 0. The van der Waals surface area contributed by atoms with Crippen LogP contribution in [0.3, 0.4) is 0 Å². The Balaban J connectivity index is 0.00000264. The third-order valence-corrected chi connectivity index (χ3v) is 4.31. The standard InChI is InChI=1S/C18H28N2O2.ClH/c1-13(2)16-7-4-15(5-8-16)6-9-18(21)20-10-11-22-17(12-20)14(3)19;/h4-5,7-8,13-14,17H,6,9-12,19H2,1-3H3;1H. The summed E-state index contributed by atoms with van der Waals surface area (Å²) in [6, 6.07) is 8.54. The predicted molar refractivity (Wildman–Crippen MR) is 96.1 cm³/mol. The van der Waals surface area contributed by atoms with Gasteiger partial charge in [-0.2, -0.15) is 0 Å². The first kappa shape index (κ1) is 19.9. The first-order valence-electron chi connectivity index (χ1n) is 8.21. The fourth-order valence-corrected chi connectivity index (χ4v) is 2.70. The summed E-state index contributed by atoms with van der Waals surface area (Å²) in [6.45, 7) is 8.17. The minimum atomic E-state index is -0.0424. The fraction of sp³-hybridized carbons (Fsp3) is 0.611. The molecule has 1 fully saturated rings. The number of hydrogen-bond acceptors (Lipinski definition) is 3. The fourth-order valence-electron chi connectivity index (χ4n) is 2.70. The monoisotopic (exact) mass is 340 g/mol. The Labute approximate surface area is 145 Å². The number of ether oxygens (including phenoxy) is 1. The van der Waals surface area contributed by atoms with E-state index in [0.717, 1.165) is 6.42 Å². The number of halogens is 1. The number of hydrogen-bond donors (Lipinski definition) is 1. The lowest BCUT2D eigenvalue weighted by molar-refractivity contribution is -0.139. The van der Waals surface area contributed by atoms with E-state index >= 15 is 0 Å². The van der Waals surface area contributed by atoms with Crippen LogP contribution in [0.4, 0.5) is 0 Å². The van der Waals surface area contributed by atoms with Crippen LogP contribution >= 0.6 is 12.4 Å². The van der Waals surface area contributed by atoms with Gasteiger partial charge >= 0.3 is 0 Å². The molecule has 0 saturated carbocycles. The van der Waals surface area contributed by atoms with Gasteiger partial charge in [0.05, 0.1) is 12.7 Å². The highest BCUT2D eigenvalue weighted by Crippen LogP contribution is 2.16. The second-order valence-electron chi connectivity index (χ2n) is 6.50. The molecule has 0 bridgehead atoms. The molecule has 1 aliphatic rings. The van der Waals surface area contributed by atoms with Crippen molar-refractivity contribution in [3.63, 3.8) is 0 Å². The van der Waals surface area contributed by atoms with Crippen LogP contribution in [0.5, 0.6) is 0 Å². The van der Waals surface area contributed by atoms with E-state index < -0.39 is 0 Å². The van der Waals surface area contributed by atoms with Gasteiger partial charge in [-0.1, -0.05) is 38.1 Å². The quantitative estimate of drug-likeness (QED) is 0.896. The zero-order valence-electron chi connectivity index (χ0n) is 14.3. The van der Waals surface area contributed by atoms with Crippen molar-refractivity contribution < 1.29 is 9.53 Å². The molecule has 1 heterocycles. The number of aryl methyl sites for hydroxylation is 1. The van der Waals surface area contributed by atoms with Crippen LogP contribution in [-0.2, 0) is 16.0 Å². The van der Waals surface area contributed by atoms with Gasteiger partial charge in [-0.15, -0.1) is 12.4 Å². The molecule has 1 aromatic carbocycles. The van der Waals surface area contributed by atoms with E-state index in [1.807, 2.05) is 11.8 Å². The molecule has 1 amide bonds. The summed E-state index contributed by atoms with van der Waals surface area (Å²) in [5, 5.41) is 0. The maximum atomic E-state index is 12.3. The van der Waals surface area contributed by atoms with Gasteiger partial charge in [0.25, 0.3) is 0 Å². The molecule has 2 atom stereocenters. The second-order valence-corrected chi connectivity index (χ2v) is 6.50. The number of amides is 1. The molecule has 2 unspecified atom stereocenters. The van der Waals surface area contributed by atoms with Gasteiger partial charge in [0.2, 0.25) is 5.91 Å². The van der Waals surface area contributed by atoms with Gasteiger partial charge in [-0.05, 0) is 30.4 Å². The highest BCUT2D eigenvalue weighted by Gasteiger charge is 2.26. The lowest BCUT2D eigenvalue weighted by atomic mass is 10.00. The highest BCUT2D eigenvalue weighted by atomic mass is 35.5. The Morgan fingerprint density at radius 3 is 2.52 bits per heavy atom. The van der Waals surface area contributed by atoms with Crippen LogP contribution in [-0.4, -0.2) is 42.6 Å². The van der Waals surface area contributed by atoms with E-state index in [1.54, 1.807) is 0 Å². The molecule has 2 N–H and O–H groups in total. The van der Waals surface area contributed by atoms with Gasteiger partial charge in [-0.3, -0.25) is 4.79 Å². The number of rotatable bonds is 5. The molecule has 0 spiro atoms. The SMILES string of the molecule is CC(C)c1ccc(CCC(=O)N2CCOC(C(C)N)C2)cc1.Cl. The lowest BCUT2D eigenvalue weighted by Gasteiger charge is -2.34. The van der Waals surface area contributed by atoms with Crippen molar-refractivity contribution in [3.05, 3.63) is 35.4 Å². The summed E-state index contributed by atoms with van der Waals surface area (Å²) in [5.41, 5.74) is 8.42. The number of nitrogens with zero attached hydrogens (tertiary/aromatic N) is 1. The number of nitrogens with two attached hydrogens (primary N) is 1. The van der Waals surface area contributed by atoms with Crippen molar-refractivity contribution in [2.75, 3.05) is 19.7 Å². The van der Waals surface area contributed by atoms with Crippen LogP contribution in [0.1, 0.15) is 44.2 Å². The van der Waals surface area contributed by atoms with Crippen molar-refractivity contribution in [1.82, 2.24) is 4.90 Å². The molecular weight excluding hydrogens is 312 g/mol. The molecule has 0 radical (unpaired) electrons. The van der Waals surface area contributed by atoms with Crippen molar-refractivity contribution >= 4 is 18.3 Å². The minimum Gasteiger partial charge on any atom is -0.373 e. The summed E-state index contributed by atoms with van der Waals surface area (Å²) in [4.78, 5) is 14.2. The maximum absolute atomic E-state index is 12.3. The normalized spacial score (nSPS) is 19.3. The van der Waals surface area contributed by atoms with Crippen LogP contribution < -0.4 is 5.73 Å².